The number of hydrogen-bond acceptors (Lipinski definition) is 0. The third-order valence-electron chi connectivity index (χ3n) is 2.11. The van der Waals surface area contributed by atoms with E-state index in [0.29, 0.717) is 9.85 Å². The molecule has 5 heteroatoms. The van der Waals surface area contributed by atoms with Crippen LogP contribution in [-0.2, 0) is 0 Å². The van der Waals surface area contributed by atoms with E-state index < -0.39 is 20.0 Å². The Morgan fingerprint density at radius 2 is 2.00 bits per heavy atom. The van der Waals surface area contributed by atoms with Gasteiger partial charge in [-0.25, -0.2) is 0 Å². The van der Waals surface area contributed by atoms with Crippen molar-refractivity contribution >= 4 is 30.3 Å². The zero-order valence-electron chi connectivity index (χ0n) is 7.85. The van der Waals surface area contributed by atoms with Crippen molar-refractivity contribution in [2.45, 2.75) is 12.0 Å². The van der Waals surface area contributed by atoms with Crippen LogP contribution in [0.15, 0.2) is 24.4 Å². The average molecular weight is 278 g/mol. The molecule has 1 aromatic heterocycles. The molecule has 0 aliphatic rings. The van der Waals surface area contributed by atoms with Gasteiger partial charge in [0, 0.05) is 0 Å². The number of aryl methyl sites for hydroxylation is 1. The summed E-state index contributed by atoms with van der Waals surface area (Å²) >= 11 is -1.47. The van der Waals surface area contributed by atoms with E-state index in [2.05, 4.69) is 4.98 Å². The summed E-state index contributed by atoms with van der Waals surface area (Å²) in [7, 11) is 0. The molecule has 1 heterocycles. The Labute approximate surface area is 90.8 Å². The quantitative estimate of drug-likeness (QED) is 0.771. The SMILES string of the molecule is Cc1cccc2c([Se]C(F)(F)F)c[nH]c12. The number of H-pyrrole nitrogens is 1. The maximum absolute atomic E-state index is 12.3. The summed E-state index contributed by atoms with van der Waals surface area (Å²) in [4.78, 5) is 2.89. The van der Waals surface area contributed by atoms with Gasteiger partial charge in [-0.05, 0) is 0 Å². The first-order valence-corrected chi connectivity index (χ1v) is 6.01. The minimum absolute atomic E-state index is 0.369. The molecule has 0 atom stereocenters. The summed E-state index contributed by atoms with van der Waals surface area (Å²) in [5, 5.41) is -3.40. The Balaban J connectivity index is 2.50. The van der Waals surface area contributed by atoms with Crippen molar-refractivity contribution in [3.8, 4) is 0 Å². The van der Waals surface area contributed by atoms with Crippen LogP contribution in [0, 0.1) is 6.92 Å². The Kier molecular flexibility index (Phi) is 2.52. The van der Waals surface area contributed by atoms with Crippen molar-refractivity contribution < 1.29 is 13.2 Å². The summed E-state index contributed by atoms with van der Waals surface area (Å²) in [6, 6.07) is 5.38. The van der Waals surface area contributed by atoms with Crippen LogP contribution in [-0.4, -0.2) is 25.0 Å². The van der Waals surface area contributed by atoms with Crippen molar-refractivity contribution in [2.24, 2.45) is 0 Å². The molecule has 0 aliphatic carbocycles. The van der Waals surface area contributed by atoms with Gasteiger partial charge in [0.05, 0.1) is 0 Å². The molecule has 15 heavy (non-hydrogen) atoms. The normalized spacial score (nSPS) is 12.3. The van der Waals surface area contributed by atoms with E-state index >= 15 is 0 Å². The van der Waals surface area contributed by atoms with E-state index in [9.17, 15) is 13.2 Å². The molecule has 2 aromatic rings. The molecular formula is C10H8F3NSe. The molecule has 0 amide bonds. The molecule has 0 saturated carbocycles. The predicted octanol–water partition coefficient (Wildman–Crippen LogP) is 2.33. The Morgan fingerprint density at radius 1 is 1.27 bits per heavy atom. The standard InChI is InChI=1S/C10H8F3NSe/c1-6-3-2-4-7-8(5-14-9(6)7)15-10(11,12)13/h2-5,14H,1H3. The molecule has 0 radical (unpaired) electrons. The number of fused-ring (bicyclic) bond motifs is 1. The van der Waals surface area contributed by atoms with Crippen LogP contribution in [0.1, 0.15) is 5.56 Å². The van der Waals surface area contributed by atoms with Crippen LogP contribution < -0.4 is 4.46 Å². The second-order valence-electron chi connectivity index (χ2n) is 3.20. The number of halogens is 3. The summed E-state index contributed by atoms with van der Waals surface area (Å²) in [6.45, 7) is 1.88. The topological polar surface area (TPSA) is 15.8 Å². The first kappa shape index (κ1) is 10.6. The number of aromatic nitrogens is 1. The molecule has 0 bridgehead atoms. The molecule has 80 valence electrons. The van der Waals surface area contributed by atoms with Gasteiger partial charge in [-0.2, -0.15) is 0 Å². The fraction of sp³-hybridized carbons (Fsp3) is 0.200. The van der Waals surface area contributed by atoms with Gasteiger partial charge in [0.2, 0.25) is 0 Å². The van der Waals surface area contributed by atoms with E-state index in [1.165, 1.54) is 6.20 Å². The van der Waals surface area contributed by atoms with E-state index in [4.69, 9.17) is 0 Å². The molecule has 0 saturated heterocycles. The van der Waals surface area contributed by atoms with Crippen molar-refractivity contribution in [1.29, 1.82) is 0 Å². The Hall–Kier alpha value is -0.931. The number of alkyl halides is 3. The van der Waals surface area contributed by atoms with Gasteiger partial charge in [-0.1, -0.05) is 0 Å². The predicted molar refractivity (Wildman–Crippen MR) is 54.5 cm³/mol. The van der Waals surface area contributed by atoms with Gasteiger partial charge >= 0.3 is 90.4 Å². The van der Waals surface area contributed by atoms with Gasteiger partial charge in [-0.3, -0.25) is 0 Å². The van der Waals surface area contributed by atoms with Gasteiger partial charge in [-0.15, -0.1) is 0 Å². The molecule has 2 rings (SSSR count). The van der Waals surface area contributed by atoms with Gasteiger partial charge in [0.25, 0.3) is 0 Å². The second-order valence-corrected chi connectivity index (χ2v) is 5.52. The first-order chi connectivity index (χ1) is 6.97. The molecule has 1 aromatic carbocycles. The number of hydrogen-bond donors (Lipinski definition) is 1. The maximum atomic E-state index is 12.3. The van der Waals surface area contributed by atoms with E-state index in [1.807, 2.05) is 13.0 Å². The van der Waals surface area contributed by atoms with Crippen LogP contribution in [0.5, 0.6) is 0 Å². The van der Waals surface area contributed by atoms with Gasteiger partial charge in [0.1, 0.15) is 0 Å². The molecule has 1 nitrogen and oxygen atoms in total. The third-order valence-corrected chi connectivity index (χ3v) is 3.77. The van der Waals surface area contributed by atoms with Gasteiger partial charge < -0.3 is 0 Å². The fourth-order valence-electron chi connectivity index (χ4n) is 1.49. The molecular weight excluding hydrogens is 270 g/mol. The van der Waals surface area contributed by atoms with Crippen LogP contribution in [0.25, 0.3) is 10.9 Å². The molecule has 0 spiro atoms. The fourth-order valence-corrected chi connectivity index (χ4v) is 2.85. The number of aromatic amines is 1. The zero-order chi connectivity index (χ0) is 11.1. The van der Waals surface area contributed by atoms with E-state index in [0.717, 1.165) is 11.1 Å². The zero-order valence-corrected chi connectivity index (χ0v) is 9.56. The van der Waals surface area contributed by atoms with Crippen LogP contribution in [0.2, 0.25) is 0 Å². The minimum atomic E-state index is -4.09. The average Bonchev–Trinajstić information content (AvgIpc) is 2.48. The van der Waals surface area contributed by atoms with Crippen molar-refractivity contribution in [3.63, 3.8) is 0 Å². The summed E-state index contributed by atoms with van der Waals surface area (Å²) in [5.74, 6) is 0. The number of benzene rings is 1. The number of para-hydroxylation sites is 1. The second kappa shape index (κ2) is 3.58. The number of nitrogens with one attached hydrogen (secondary N) is 1. The van der Waals surface area contributed by atoms with Crippen molar-refractivity contribution in [2.75, 3.05) is 0 Å². The monoisotopic (exact) mass is 279 g/mol. The summed E-state index contributed by atoms with van der Waals surface area (Å²) in [5.41, 5.74) is 1.77. The summed E-state index contributed by atoms with van der Waals surface area (Å²) < 4.78 is 37.2. The van der Waals surface area contributed by atoms with E-state index in [1.54, 1.807) is 12.1 Å². The summed E-state index contributed by atoms with van der Waals surface area (Å²) in [6.07, 6.45) is 1.46. The molecule has 0 fully saturated rings. The first-order valence-electron chi connectivity index (χ1n) is 4.30. The molecule has 0 aliphatic heterocycles. The van der Waals surface area contributed by atoms with Crippen molar-refractivity contribution in [1.82, 2.24) is 4.98 Å². The van der Waals surface area contributed by atoms with Crippen LogP contribution >= 0.6 is 0 Å². The molecule has 1 N–H and O–H groups in total. The Morgan fingerprint density at radius 3 is 2.67 bits per heavy atom. The Bertz CT molecular complexity index is 487. The third kappa shape index (κ3) is 2.19. The van der Waals surface area contributed by atoms with Crippen LogP contribution in [0.4, 0.5) is 13.2 Å². The van der Waals surface area contributed by atoms with Gasteiger partial charge in [0.15, 0.2) is 0 Å². The number of rotatable bonds is 1. The van der Waals surface area contributed by atoms with Crippen molar-refractivity contribution in [3.05, 3.63) is 30.0 Å². The van der Waals surface area contributed by atoms with Crippen LogP contribution in [0.3, 0.4) is 0 Å². The molecule has 0 unspecified atom stereocenters. The van der Waals surface area contributed by atoms with E-state index in [-0.39, 0.29) is 0 Å².